The van der Waals surface area contributed by atoms with E-state index in [-0.39, 0.29) is 23.2 Å². The quantitative estimate of drug-likeness (QED) is 0.498. The fourth-order valence-electron chi connectivity index (χ4n) is 5.59. The Morgan fingerprint density at radius 3 is 2.50 bits per heavy atom. The molecule has 1 aliphatic carbocycles. The molecule has 5 rings (SSSR count). The van der Waals surface area contributed by atoms with Crippen LogP contribution in [0.3, 0.4) is 0 Å². The zero-order valence-electron chi connectivity index (χ0n) is 22.0. The minimum absolute atomic E-state index is 0.0592. The van der Waals surface area contributed by atoms with Gasteiger partial charge in [0.05, 0.1) is 30.8 Å². The van der Waals surface area contributed by atoms with E-state index in [0.29, 0.717) is 51.3 Å². The molecule has 2 saturated heterocycles. The van der Waals surface area contributed by atoms with Crippen molar-refractivity contribution in [3.8, 4) is 5.69 Å². The van der Waals surface area contributed by atoms with Gasteiger partial charge in [0.2, 0.25) is 5.91 Å². The molecule has 0 spiro atoms. The van der Waals surface area contributed by atoms with Crippen LogP contribution in [0.15, 0.2) is 41.3 Å². The van der Waals surface area contributed by atoms with E-state index in [4.69, 9.17) is 4.74 Å². The Bertz CT molecular complexity index is 1160. The number of morpholine rings is 1. The van der Waals surface area contributed by atoms with Gasteiger partial charge in [0.25, 0.3) is 5.56 Å². The predicted octanol–water partition coefficient (Wildman–Crippen LogP) is 1.77. The van der Waals surface area contributed by atoms with Crippen molar-refractivity contribution in [1.82, 2.24) is 19.6 Å². The number of carbonyl (C=O) groups excluding carboxylic acids is 2. The molecule has 204 valence electrons. The van der Waals surface area contributed by atoms with E-state index in [9.17, 15) is 14.4 Å². The number of nitrogens with one attached hydrogen (secondary N) is 1. The van der Waals surface area contributed by atoms with E-state index in [1.54, 1.807) is 6.20 Å². The number of carbonyl (C=O) groups is 2. The highest BCUT2D eigenvalue weighted by Crippen LogP contribution is 2.27. The molecule has 3 heterocycles. The summed E-state index contributed by atoms with van der Waals surface area (Å²) in [6.07, 6.45) is 5.32. The molecule has 10 nitrogen and oxygen atoms in total. The summed E-state index contributed by atoms with van der Waals surface area (Å²) < 4.78 is 6.87. The van der Waals surface area contributed by atoms with E-state index >= 15 is 0 Å². The number of amides is 1. The number of aromatic nitrogens is 2. The molecule has 1 atom stereocenters. The van der Waals surface area contributed by atoms with Gasteiger partial charge in [-0.2, -0.15) is 9.78 Å². The number of Topliss-reactive ketones (excluding diaryl/α,β-unsaturated/α-hetero) is 1. The molecule has 0 radical (unpaired) electrons. The fraction of sp³-hybridized carbons (Fsp3) is 0.571. The van der Waals surface area contributed by atoms with E-state index in [1.807, 2.05) is 35.2 Å². The number of piperazine rings is 1. The van der Waals surface area contributed by atoms with Crippen LogP contribution in [0.2, 0.25) is 0 Å². The highest BCUT2D eigenvalue weighted by molar-refractivity contribution is 5.88. The molecule has 0 bridgehead atoms. The number of hydrogen-bond acceptors (Lipinski definition) is 8. The minimum Gasteiger partial charge on any atom is -0.379 e. The van der Waals surface area contributed by atoms with Gasteiger partial charge in [0, 0.05) is 64.6 Å². The van der Waals surface area contributed by atoms with Gasteiger partial charge >= 0.3 is 0 Å². The molecule has 1 amide bonds. The minimum atomic E-state index is -0.182. The van der Waals surface area contributed by atoms with Crippen LogP contribution in [0, 0.1) is 5.92 Å². The molecule has 3 aliphatic rings. The van der Waals surface area contributed by atoms with Gasteiger partial charge in [-0.25, -0.2) is 0 Å². The van der Waals surface area contributed by atoms with Crippen molar-refractivity contribution in [3.05, 3.63) is 46.9 Å². The van der Waals surface area contributed by atoms with Crippen molar-refractivity contribution in [3.63, 3.8) is 0 Å². The van der Waals surface area contributed by atoms with Gasteiger partial charge in [0.15, 0.2) is 0 Å². The average Bonchev–Trinajstić information content (AvgIpc) is 3.36. The Balaban J connectivity index is 1.26. The summed E-state index contributed by atoms with van der Waals surface area (Å²) in [6, 6.07) is 9.44. The Morgan fingerprint density at radius 2 is 1.79 bits per heavy atom. The third-order valence-corrected chi connectivity index (χ3v) is 7.84. The number of ether oxygens (including phenoxy) is 1. The molecule has 2 aromatic rings. The van der Waals surface area contributed by atoms with E-state index < -0.39 is 0 Å². The van der Waals surface area contributed by atoms with Crippen LogP contribution in [0.5, 0.6) is 0 Å². The summed E-state index contributed by atoms with van der Waals surface area (Å²) in [5, 5.41) is 7.92. The molecular formula is C28H38N6O4. The largest absolute Gasteiger partial charge is 0.379 e. The van der Waals surface area contributed by atoms with E-state index in [1.165, 1.54) is 4.68 Å². The predicted molar refractivity (Wildman–Crippen MR) is 146 cm³/mol. The molecule has 38 heavy (non-hydrogen) atoms. The first-order valence-electron chi connectivity index (χ1n) is 13.9. The second-order valence-corrected chi connectivity index (χ2v) is 10.3. The number of rotatable bonds is 9. The van der Waals surface area contributed by atoms with Crippen LogP contribution in [-0.2, 0) is 14.3 Å². The molecule has 1 aromatic carbocycles. The second-order valence-electron chi connectivity index (χ2n) is 10.3. The van der Waals surface area contributed by atoms with Crippen molar-refractivity contribution in [1.29, 1.82) is 0 Å². The highest BCUT2D eigenvalue weighted by atomic mass is 16.5. The normalized spacial score (nSPS) is 20.6. The lowest BCUT2D eigenvalue weighted by atomic mass is 10.0. The lowest BCUT2D eigenvalue weighted by molar-refractivity contribution is -0.135. The summed E-state index contributed by atoms with van der Waals surface area (Å²) in [5.74, 6) is 0.180. The number of para-hydroxylation sites is 1. The maximum Gasteiger partial charge on any atom is 0.296 e. The van der Waals surface area contributed by atoms with Gasteiger partial charge < -0.3 is 19.9 Å². The number of anilines is 2. The first-order valence-corrected chi connectivity index (χ1v) is 13.9. The topological polar surface area (TPSA) is 100 Å². The van der Waals surface area contributed by atoms with Gasteiger partial charge in [-0.3, -0.25) is 19.3 Å². The van der Waals surface area contributed by atoms with Gasteiger partial charge in [-0.15, -0.1) is 0 Å². The Labute approximate surface area is 223 Å². The van der Waals surface area contributed by atoms with Crippen molar-refractivity contribution in [2.24, 2.45) is 5.92 Å². The van der Waals surface area contributed by atoms with Crippen molar-refractivity contribution >= 4 is 23.1 Å². The zero-order chi connectivity index (χ0) is 26.3. The van der Waals surface area contributed by atoms with E-state index in [0.717, 1.165) is 63.5 Å². The Morgan fingerprint density at radius 1 is 1.03 bits per heavy atom. The number of nitrogens with zero attached hydrogens (tertiary/aromatic N) is 5. The molecule has 1 unspecified atom stereocenters. The van der Waals surface area contributed by atoms with E-state index in [2.05, 4.69) is 20.2 Å². The summed E-state index contributed by atoms with van der Waals surface area (Å²) in [4.78, 5) is 44.8. The average molecular weight is 523 g/mol. The molecule has 2 aliphatic heterocycles. The third-order valence-electron chi connectivity index (χ3n) is 7.84. The molecule has 3 fully saturated rings. The van der Waals surface area contributed by atoms with Gasteiger partial charge in [-0.1, -0.05) is 18.2 Å². The van der Waals surface area contributed by atoms with Crippen LogP contribution in [0.25, 0.3) is 5.69 Å². The van der Waals surface area contributed by atoms with Crippen LogP contribution in [0.4, 0.5) is 11.4 Å². The molecule has 10 heteroatoms. The lowest BCUT2D eigenvalue weighted by Gasteiger charge is -2.37. The van der Waals surface area contributed by atoms with Crippen molar-refractivity contribution < 1.29 is 14.3 Å². The standard InChI is InChI=1S/C28H38N6O4/c35-25-9-4-6-22(25)20-26(36)33-14-12-32(13-15-33)24-21-30-34(23-7-2-1-3-8-23)28(37)27(24)29-10-5-11-31-16-18-38-19-17-31/h1-3,7-8,21-22,29H,4-6,9-20H2. The van der Waals surface area contributed by atoms with Crippen LogP contribution in [-0.4, -0.2) is 96.8 Å². The second kappa shape index (κ2) is 12.5. The van der Waals surface area contributed by atoms with Gasteiger partial charge in [-0.05, 0) is 37.9 Å². The maximum absolute atomic E-state index is 13.6. The molecule has 1 saturated carbocycles. The third kappa shape index (κ3) is 6.24. The maximum atomic E-state index is 13.6. The smallest absolute Gasteiger partial charge is 0.296 e. The van der Waals surface area contributed by atoms with Crippen molar-refractivity contribution in [2.75, 3.05) is 75.8 Å². The summed E-state index contributed by atoms with van der Waals surface area (Å²) in [7, 11) is 0. The first kappa shape index (κ1) is 26.4. The number of hydrogen-bond donors (Lipinski definition) is 1. The first-order chi connectivity index (χ1) is 18.6. The SMILES string of the molecule is O=C1CCCC1CC(=O)N1CCN(c2cnn(-c3ccccc3)c(=O)c2NCCCN2CCOCC2)CC1. The van der Waals surface area contributed by atoms with Crippen LogP contribution < -0.4 is 15.8 Å². The monoisotopic (exact) mass is 522 g/mol. The lowest BCUT2D eigenvalue weighted by Crippen LogP contribution is -2.49. The number of ketones is 1. The summed E-state index contributed by atoms with van der Waals surface area (Å²) in [6.45, 7) is 7.42. The summed E-state index contributed by atoms with van der Waals surface area (Å²) >= 11 is 0. The fourth-order valence-corrected chi connectivity index (χ4v) is 5.59. The molecule has 1 N–H and O–H groups in total. The van der Waals surface area contributed by atoms with Gasteiger partial charge in [0.1, 0.15) is 11.5 Å². The van der Waals surface area contributed by atoms with Crippen molar-refractivity contribution in [2.45, 2.75) is 32.1 Å². The Hall–Kier alpha value is -3.24. The zero-order valence-corrected chi connectivity index (χ0v) is 22.0. The highest BCUT2D eigenvalue weighted by Gasteiger charge is 2.30. The van der Waals surface area contributed by atoms with Crippen LogP contribution >= 0.6 is 0 Å². The van der Waals surface area contributed by atoms with Crippen LogP contribution in [0.1, 0.15) is 32.1 Å². The molecule has 1 aromatic heterocycles. The molecular weight excluding hydrogens is 484 g/mol. The number of benzene rings is 1. The Kier molecular flexibility index (Phi) is 8.70. The summed E-state index contributed by atoms with van der Waals surface area (Å²) in [5.41, 5.74) is 1.85.